The van der Waals surface area contributed by atoms with Crippen LogP contribution >= 0.6 is 0 Å². The molecule has 3 rings (SSSR count). The van der Waals surface area contributed by atoms with Crippen LogP contribution in [-0.2, 0) is 10.0 Å². The molecular weight excluding hydrogens is 352 g/mol. The normalized spacial score (nSPS) is 16.2. The summed E-state index contributed by atoms with van der Waals surface area (Å²) in [6.07, 6.45) is 6.52. The lowest BCUT2D eigenvalue weighted by atomic mass is 9.96. The van der Waals surface area contributed by atoms with Crippen LogP contribution in [0.4, 0.5) is 5.69 Å². The first kappa shape index (κ1) is 18.4. The molecule has 0 amide bonds. The van der Waals surface area contributed by atoms with Crippen LogP contribution in [0.2, 0.25) is 0 Å². The fraction of sp³-hybridized carbons (Fsp3) is 0.316. The van der Waals surface area contributed by atoms with Gasteiger partial charge in [0.05, 0.1) is 10.6 Å². The van der Waals surface area contributed by atoms with Gasteiger partial charge in [-0.15, -0.1) is 0 Å². The molecule has 0 spiro atoms. The number of sulfonamides is 1. The van der Waals surface area contributed by atoms with Crippen molar-refractivity contribution in [2.24, 2.45) is 4.99 Å². The first-order chi connectivity index (χ1) is 12.4. The van der Waals surface area contributed by atoms with Gasteiger partial charge in [-0.2, -0.15) is 0 Å². The molecule has 0 saturated heterocycles. The van der Waals surface area contributed by atoms with Crippen molar-refractivity contribution in [1.82, 2.24) is 4.72 Å². The smallest absolute Gasteiger partial charge is 0.240 e. The van der Waals surface area contributed by atoms with Crippen molar-refractivity contribution in [1.29, 1.82) is 0 Å². The minimum atomic E-state index is -3.52. The zero-order valence-corrected chi connectivity index (χ0v) is 15.1. The number of aromatic hydroxyl groups is 2. The number of benzene rings is 2. The van der Waals surface area contributed by atoms with Crippen LogP contribution in [0.1, 0.15) is 37.7 Å². The van der Waals surface area contributed by atoms with E-state index in [1.54, 1.807) is 18.2 Å². The molecule has 1 fully saturated rings. The van der Waals surface area contributed by atoms with Gasteiger partial charge in [0.15, 0.2) is 0 Å². The van der Waals surface area contributed by atoms with Crippen LogP contribution in [0.3, 0.4) is 0 Å². The number of aliphatic imine (C=N–C) groups is 1. The van der Waals surface area contributed by atoms with Crippen molar-refractivity contribution in [2.45, 2.75) is 43.0 Å². The molecule has 0 radical (unpaired) electrons. The topological polar surface area (TPSA) is 99.0 Å². The molecule has 6 nitrogen and oxygen atoms in total. The van der Waals surface area contributed by atoms with Crippen molar-refractivity contribution in [3.63, 3.8) is 0 Å². The summed E-state index contributed by atoms with van der Waals surface area (Å²) in [5, 5.41) is 19.0. The minimum absolute atomic E-state index is 0.0175. The van der Waals surface area contributed by atoms with Gasteiger partial charge in [-0.3, -0.25) is 4.99 Å². The predicted molar refractivity (Wildman–Crippen MR) is 101 cm³/mol. The highest BCUT2D eigenvalue weighted by atomic mass is 32.2. The minimum Gasteiger partial charge on any atom is -0.508 e. The Morgan fingerprint density at radius 3 is 2.35 bits per heavy atom. The van der Waals surface area contributed by atoms with Crippen molar-refractivity contribution in [2.75, 3.05) is 0 Å². The first-order valence-corrected chi connectivity index (χ1v) is 10.1. The molecule has 0 heterocycles. The van der Waals surface area contributed by atoms with E-state index in [1.807, 2.05) is 0 Å². The Balaban J connectivity index is 1.70. The van der Waals surface area contributed by atoms with Crippen molar-refractivity contribution in [3.05, 3.63) is 48.0 Å². The van der Waals surface area contributed by atoms with E-state index in [9.17, 15) is 18.6 Å². The Morgan fingerprint density at radius 2 is 1.69 bits per heavy atom. The van der Waals surface area contributed by atoms with Gasteiger partial charge in [0.2, 0.25) is 10.0 Å². The quantitative estimate of drug-likeness (QED) is 0.698. The summed E-state index contributed by atoms with van der Waals surface area (Å²) in [4.78, 5) is 4.44. The molecule has 7 heteroatoms. The van der Waals surface area contributed by atoms with E-state index >= 15 is 0 Å². The highest BCUT2D eigenvalue weighted by Crippen LogP contribution is 2.23. The number of nitrogens with zero attached hydrogens (tertiary/aromatic N) is 1. The van der Waals surface area contributed by atoms with Gasteiger partial charge in [0.25, 0.3) is 0 Å². The fourth-order valence-electron chi connectivity index (χ4n) is 3.00. The lowest BCUT2D eigenvalue weighted by molar-refractivity contribution is 0.412. The van der Waals surface area contributed by atoms with Crippen LogP contribution in [0, 0.1) is 0 Å². The second-order valence-electron chi connectivity index (χ2n) is 6.45. The third-order valence-electron chi connectivity index (χ3n) is 4.44. The van der Waals surface area contributed by atoms with E-state index in [4.69, 9.17) is 0 Å². The number of hydrogen-bond donors (Lipinski definition) is 3. The largest absolute Gasteiger partial charge is 0.508 e. The Bertz CT molecular complexity index is 886. The van der Waals surface area contributed by atoms with Crippen LogP contribution < -0.4 is 4.72 Å². The summed E-state index contributed by atoms with van der Waals surface area (Å²) in [6.45, 7) is 0. The monoisotopic (exact) mass is 374 g/mol. The summed E-state index contributed by atoms with van der Waals surface area (Å²) >= 11 is 0. The molecule has 1 aliphatic carbocycles. The van der Waals surface area contributed by atoms with Gasteiger partial charge in [-0.05, 0) is 49.2 Å². The standard InChI is InChI=1S/C19H22N2O4S/c22-17-9-6-14(19(23)12-17)13-20-15-7-10-18(11-8-15)26(24,25)21-16-4-2-1-3-5-16/h6-13,16,21-23H,1-5H2. The van der Waals surface area contributed by atoms with Gasteiger partial charge < -0.3 is 10.2 Å². The third kappa shape index (κ3) is 4.62. The van der Waals surface area contributed by atoms with Crippen LogP contribution in [0.25, 0.3) is 0 Å². The Kier molecular flexibility index (Phi) is 5.58. The molecule has 2 aromatic rings. The lowest BCUT2D eigenvalue weighted by Crippen LogP contribution is -2.36. The molecule has 0 aromatic heterocycles. The van der Waals surface area contributed by atoms with E-state index in [0.717, 1.165) is 25.7 Å². The van der Waals surface area contributed by atoms with Crippen LogP contribution in [0.5, 0.6) is 11.5 Å². The molecule has 0 unspecified atom stereocenters. The Labute approximate surface area is 153 Å². The zero-order valence-electron chi connectivity index (χ0n) is 14.3. The number of nitrogens with one attached hydrogen (secondary N) is 1. The molecule has 3 N–H and O–H groups in total. The maximum absolute atomic E-state index is 12.5. The summed E-state index contributed by atoms with van der Waals surface area (Å²) in [5.74, 6) is -0.107. The highest BCUT2D eigenvalue weighted by molar-refractivity contribution is 7.89. The molecule has 2 aromatic carbocycles. The van der Waals surface area contributed by atoms with Gasteiger partial charge in [0, 0.05) is 23.9 Å². The van der Waals surface area contributed by atoms with Crippen LogP contribution in [0.15, 0.2) is 52.4 Å². The SMILES string of the molecule is O=S(=O)(NC1CCCCC1)c1ccc(N=Cc2ccc(O)cc2O)cc1. The summed E-state index contributed by atoms with van der Waals surface area (Å²) in [5.41, 5.74) is 1.02. The Hall–Kier alpha value is -2.38. The first-order valence-electron chi connectivity index (χ1n) is 8.62. The van der Waals surface area contributed by atoms with E-state index in [-0.39, 0.29) is 22.4 Å². The molecule has 26 heavy (non-hydrogen) atoms. The predicted octanol–water partition coefficient (Wildman–Crippen LogP) is 3.46. The number of phenols is 2. The highest BCUT2D eigenvalue weighted by Gasteiger charge is 2.21. The molecule has 1 saturated carbocycles. The Morgan fingerprint density at radius 1 is 1.00 bits per heavy atom. The molecule has 0 atom stereocenters. The van der Waals surface area contributed by atoms with Gasteiger partial charge in [-0.25, -0.2) is 13.1 Å². The van der Waals surface area contributed by atoms with Gasteiger partial charge in [-0.1, -0.05) is 19.3 Å². The summed E-state index contributed by atoms with van der Waals surface area (Å²) in [6, 6.07) is 10.5. The molecule has 0 aliphatic heterocycles. The summed E-state index contributed by atoms with van der Waals surface area (Å²) in [7, 11) is -3.52. The second-order valence-corrected chi connectivity index (χ2v) is 8.17. The summed E-state index contributed by atoms with van der Waals surface area (Å²) < 4.78 is 27.7. The molecule has 0 bridgehead atoms. The van der Waals surface area contributed by atoms with E-state index in [1.165, 1.54) is 36.9 Å². The number of hydrogen-bond acceptors (Lipinski definition) is 5. The van der Waals surface area contributed by atoms with Gasteiger partial charge >= 0.3 is 0 Å². The number of rotatable bonds is 5. The van der Waals surface area contributed by atoms with E-state index in [0.29, 0.717) is 11.3 Å². The average Bonchev–Trinajstić information content (AvgIpc) is 2.62. The van der Waals surface area contributed by atoms with Crippen LogP contribution in [-0.4, -0.2) is 30.9 Å². The van der Waals surface area contributed by atoms with Crippen molar-refractivity contribution < 1.29 is 18.6 Å². The molecule has 1 aliphatic rings. The lowest BCUT2D eigenvalue weighted by Gasteiger charge is -2.22. The van der Waals surface area contributed by atoms with Crippen molar-refractivity contribution in [3.8, 4) is 11.5 Å². The number of phenolic OH excluding ortho intramolecular Hbond substituents is 2. The molecule has 138 valence electrons. The van der Waals surface area contributed by atoms with E-state index in [2.05, 4.69) is 9.71 Å². The second kappa shape index (κ2) is 7.88. The maximum Gasteiger partial charge on any atom is 0.240 e. The maximum atomic E-state index is 12.5. The average molecular weight is 374 g/mol. The third-order valence-corrected chi connectivity index (χ3v) is 5.98. The van der Waals surface area contributed by atoms with E-state index < -0.39 is 10.0 Å². The zero-order chi connectivity index (χ0) is 18.6. The molecular formula is C19H22N2O4S. The fourth-order valence-corrected chi connectivity index (χ4v) is 4.31. The van der Waals surface area contributed by atoms with Crippen molar-refractivity contribution >= 4 is 21.9 Å². The van der Waals surface area contributed by atoms with Gasteiger partial charge in [0.1, 0.15) is 11.5 Å².